The molecule has 0 aliphatic heterocycles. The van der Waals surface area contributed by atoms with E-state index >= 15 is 0 Å². The quantitative estimate of drug-likeness (QED) is 0.854. The molecule has 0 aliphatic carbocycles. The van der Waals surface area contributed by atoms with Crippen molar-refractivity contribution in [2.24, 2.45) is 0 Å². The van der Waals surface area contributed by atoms with E-state index in [9.17, 15) is 9.90 Å². The fraction of sp³-hybridized carbons (Fsp3) is 0.188. The third-order valence-corrected chi connectivity index (χ3v) is 3.19. The lowest BCUT2D eigenvalue weighted by Crippen LogP contribution is -2.07. The molecule has 0 radical (unpaired) electrons. The van der Waals surface area contributed by atoms with Crippen LogP contribution in [-0.4, -0.2) is 11.6 Å². The summed E-state index contributed by atoms with van der Waals surface area (Å²) in [6.07, 6.45) is -0.446. The Morgan fingerprint density at radius 3 is 2.47 bits per heavy atom. The second-order valence-corrected chi connectivity index (χ2v) is 4.51. The van der Waals surface area contributed by atoms with E-state index in [0.717, 1.165) is 22.3 Å². The summed E-state index contributed by atoms with van der Waals surface area (Å²) in [6.45, 7) is 4.25. The minimum Gasteiger partial charge on any atom is -0.508 e. The van der Waals surface area contributed by atoms with Crippen molar-refractivity contribution in [3.8, 4) is 5.75 Å². The number of rotatable bonds is 4. The molecule has 2 aromatic rings. The van der Waals surface area contributed by atoms with Gasteiger partial charge in [0.25, 0.3) is 6.47 Å². The van der Waals surface area contributed by atoms with Crippen molar-refractivity contribution in [2.45, 2.75) is 20.0 Å². The Morgan fingerprint density at radius 2 is 1.84 bits per heavy atom. The minimum atomic E-state index is -0.446. The van der Waals surface area contributed by atoms with Gasteiger partial charge in [-0.2, -0.15) is 0 Å². The molecule has 3 heteroatoms. The third-order valence-electron chi connectivity index (χ3n) is 3.19. The number of aromatic hydroxyl groups is 1. The summed E-state index contributed by atoms with van der Waals surface area (Å²) in [5, 5.41) is 9.57. The van der Waals surface area contributed by atoms with E-state index in [-0.39, 0.29) is 5.75 Å². The van der Waals surface area contributed by atoms with Gasteiger partial charge in [0.15, 0.2) is 6.10 Å². The van der Waals surface area contributed by atoms with Crippen molar-refractivity contribution < 1.29 is 14.6 Å². The molecule has 0 bridgehead atoms. The fourth-order valence-corrected chi connectivity index (χ4v) is 2.11. The molecule has 2 aromatic carbocycles. The molecule has 0 saturated heterocycles. The molecule has 98 valence electrons. The van der Waals surface area contributed by atoms with Crippen LogP contribution in [0.3, 0.4) is 0 Å². The zero-order chi connectivity index (χ0) is 13.8. The molecule has 19 heavy (non-hydrogen) atoms. The zero-order valence-corrected chi connectivity index (χ0v) is 11.0. The summed E-state index contributed by atoms with van der Waals surface area (Å²) in [6, 6.07) is 13.0. The van der Waals surface area contributed by atoms with Gasteiger partial charge in [0.1, 0.15) is 5.75 Å². The summed E-state index contributed by atoms with van der Waals surface area (Å²) in [5.41, 5.74) is 3.60. The number of benzene rings is 2. The van der Waals surface area contributed by atoms with E-state index < -0.39 is 6.10 Å². The van der Waals surface area contributed by atoms with Crippen LogP contribution in [0.15, 0.2) is 42.5 Å². The van der Waals surface area contributed by atoms with Crippen molar-refractivity contribution in [1.29, 1.82) is 0 Å². The number of hydrogen-bond acceptors (Lipinski definition) is 3. The van der Waals surface area contributed by atoms with Gasteiger partial charge in [-0.1, -0.05) is 30.3 Å². The van der Waals surface area contributed by atoms with Gasteiger partial charge < -0.3 is 9.84 Å². The molecule has 0 aliphatic rings. The summed E-state index contributed by atoms with van der Waals surface area (Å²) in [5.74, 6) is 0.235. The monoisotopic (exact) mass is 256 g/mol. The SMILES string of the molecule is Cc1cc(C(OC=O)c2ccccc2C)ccc1O. The van der Waals surface area contributed by atoms with Gasteiger partial charge in [0, 0.05) is 0 Å². The molecule has 0 spiro atoms. The largest absolute Gasteiger partial charge is 0.508 e. The maximum atomic E-state index is 10.8. The van der Waals surface area contributed by atoms with Crippen LogP contribution >= 0.6 is 0 Å². The molecular weight excluding hydrogens is 240 g/mol. The highest BCUT2D eigenvalue weighted by molar-refractivity contribution is 5.45. The van der Waals surface area contributed by atoms with Crippen molar-refractivity contribution in [3.05, 3.63) is 64.7 Å². The van der Waals surface area contributed by atoms with E-state index in [1.54, 1.807) is 12.1 Å². The highest BCUT2D eigenvalue weighted by Gasteiger charge is 2.17. The van der Waals surface area contributed by atoms with E-state index in [1.165, 1.54) is 0 Å². The molecular formula is C16H16O3. The Balaban J connectivity index is 2.48. The maximum absolute atomic E-state index is 10.8. The van der Waals surface area contributed by atoms with Crippen LogP contribution in [0.5, 0.6) is 5.75 Å². The first-order chi connectivity index (χ1) is 9.13. The van der Waals surface area contributed by atoms with Crippen LogP contribution in [0.2, 0.25) is 0 Å². The number of phenolic OH excluding ortho intramolecular Hbond substituents is 1. The van der Waals surface area contributed by atoms with Crippen LogP contribution in [-0.2, 0) is 9.53 Å². The van der Waals surface area contributed by atoms with E-state index in [2.05, 4.69) is 0 Å². The first-order valence-electron chi connectivity index (χ1n) is 6.07. The fourth-order valence-electron chi connectivity index (χ4n) is 2.11. The first kappa shape index (κ1) is 13.1. The smallest absolute Gasteiger partial charge is 0.294 e. The number of carbonyl (C=O) groups excluding carboxylic acids is 1. The van der Waals surface area contributed by atoms with Crippen LogP contribution in [0.4, 0.5) is 0 Å². The summed E-state index contributed by atoms with van der Waals surface area (Å²) < 4.78 is 5.23. The average Bonchev–Trinajstić information content (AvgIpc) is 2.40. The van der Waals surface area contributed by atoms with E-state index in [4.69, 9.17) is 4.74 Å². The zero-order valence-electron chi connectivity index (χ0n) is 11.0. The molecule has 2 rings (SSSR count). The van der Waals surface area contributed by atoms with Gasteiger partial charge in [-0.05, 0) is 48.2 Å². The number of ether oxygens (including phenoxy) is 1. The van der Waals surface area contributed by atoms with Gasteiger partial charge >= 0.3 is 0 Å². The Morgan fingerprint density at radius 1 is 1.11 bits per heavy atom. The van der Waals surface area contributed by atoms with Crippen molar-refractivity contribution >= 4 is 6.47 Å². The third kappa shape index (κ3) is 2.76. The molecule has 0 fully saturated rings. The first-order valence-corrected chi connectivity index (χ1v) is 6.07. The van der Waals surface area contributed by atoms with Gasteiger partial charge in [0.05, 0.1) is 0 Å². The number of aryl methyl sites for hydroxylation is 2. The van der Waals surface area contributed by atoms with Gasteiger partial charge in [0.2, 0.25) is 0 Å². The van der Waals surface area contributed by atoms with E-state index in [1.807, 2.05) is 44.2 Å². The van der Waals surface area contributed by atoms with Gasteiger partial charge in [-0.3, -0.25) is 4.79 Å². The molecule has 1 atom stereocenters. The summed E-state index contributed by atoms with van der Waals surface area (Å²) in [4.78, 5) is 10.8. The molecule has 0 saturated carbocycles. The van der Waals surface area contributed by atoms with E-state index in [0.29, 0.717) is 6.47 Å². The van der Waals surface area contributed by atoms with Crippen LogP contribution in [0.25, 0.3) is 0 Å². The van der Waals surface area contributed by atoms with Crippen molar-refractivity contribution in [2.75, 3.05) is 0 Å². The minimum absolute atomic E-state index is 0.235. The molecule has 3 nitrogen and oxygen atoms in total. The Labute approximate surface area is 112 Å². The maximum Gasteiger partial charge on any atom is 0.294 e. The topological polar surface area (TPSA) is 46.5 Å². The lowest BCUT2D eigenvalue weighted by molar-refractivity contribution is -0.132. The van der Waals surface area contributed by atoms with Crippen LogP contribution < -0.4 is 0 Å². The van der Waals surface area contributed by atoms with Gasteiger partial charge in [-0.15, -0.1) is 0 Å². The normalized spacial score (nSPS) is 11.9. The summed E-state index contributed by atoms with van der Waals surface area (Å²) in [7, 11) is 0. The number of carbonyl (C=O) groups is 1. The van der Waals surface area contributed by atoms with Crippen molar-refractivity contribution in [3.63, 3.8) is 0 Å². The number of phenols is 1. The predicted molar refractivity (Wildman–Crippen MR) is 73.0 cm³/mol. The Bertz CT molecular complexity index is 590. The molecule has 1 unspecified atom stereocenters. The predicted octanol–water partition coefficient (Wildman–Crippen LogP) is 3.27. The highest BCUT2D eigenvalue weighted by Crippen LogP contribution is 2.30. The lowest BCUT2D eigenvalue weighted by Gasteiger charge is -2.18. The lowest BCUT2D eigenvalue weighted by atomic mass is 9.96. The molecule has 0 heterocycles. The van der Waals surface area contributed by atoms with Crippen molar-refractivity contribution in [1.82, 2.24) is 0 Å². The van der Waals surface area contributed by atoms with Crippen LogP contribution in [0, 0.1) is 13.8 Å². The highest BCUT2D eigenvalue weighted by atomic mass is 16.5. The molecule has 0 amide bonds. The number of hydrogen-bond donors (Lipinski definition) is 1. The summed E-state index contributed by atoms with van der Waals surface area (Å²) >= 11 is 0. The Kier molecular flexibility index (Phi) is 3.85. The second-order valence-electron chi connectivity index (χ2n) is 4.51. The Hall–Kier alpha value is -2.29. The molecule has 0 aromatic heterocycles. The standard InChI is InChI=1S/C16H16O3/c1-11-5-3-4-6-14(11)16(19-10-17)13-7-8-15(18)12(2)9-13/h3-10,16,18H,1-2H3. The van der Waals surface area contributed by atoms with Crippen LogP contribution in [0.1, 0.15) is 28.4 Å². The average molecular weight is 256 g/mol. The second kappa shape index (κ2) is 5.57. The molecule has 1 N–H and O–H groups in total. The van der Waals surface area contributed by atoms with Gasteiger partial charge in [-0.25, -0.2) is 0 Å².